The molecule has 2 rings (SSSR count). The first-order valence-electron chi connectivity index (χ1n) is 3.63. The fourth-order valence-electron chi connectivity index (χ4n) is 0.969. The van der Waals surface area contributed by atoms with Gasteiger partial charge in [-0.25, -0.2) is 0 Å². The van der Waals surface area contributed by atoms with E-state index in [1.54, 1.807) is 16.9 Å². The smallest absolute Gasteiger partial charge is 0.145 e. The van der Waals surface area contributed by atoms with Crippen molar-refractivity contribution in [3.8, 4) is 0 Å². The van der Waals surface area contributed by atoms with Gasteiger partial charge in [0.25, 0.3) is 0 Å². The Balaban J connectivity index is 2.19. The highest BCUT2D eigenvalue weighted by Crippen LogP contribution is 2.20. The summed E-state index contributed by atoms with van der Waals surface area (Å²) in [6.07, 6.45) is 3.63. The molecule has 0 atom stereocenters. The van der Waals surface area contributed by atoms with Crippen LogP contribution in [-0.2, 0) is 6.54 Å². The fourth-order valence-corrected chi connectivity index (χ4v) is 2.16. The Labute approximate surface area is 87.7 Å². The largest absolute Gasteiger partial charge is 0.382 e. The molecule has 0 amide bonds. The van der Waals surface area contributed by atoms with Gasteiger partial charge in [-0.2, -0.15) is 9.47 Å². The van der Waals surface area contributed by atoms with E-state index in [-0.39, 0.29) is 0 Å². The Morgan fingerprint density at radius 3 is 3.00 bits per heavy atom. The van der Waals surface area contributed by atoms with E-state index in [2.05, 4.69) is 25.4 Å². The highest BCUT2D eigenvalue weighted by molar-refractivity contribution is 9.10. The summed E-state index contributed by atoms with van der Waals surface area (Å²) in [5.74, 6) is 0.542. The molecule has 0 spiro atoms. The molecule has 4 nitrogen and oxygen atoms in total. The summed E-state index contributed by atoms with van der Waals surface area (Å²) in [6, 6.07) is 1.77. The van der Waals surface area contributed by atoms with Gasteiger partial charge in [-0.05, 0) is 33.5 Å². The Hall–Kier alpha value is -0.880. The van der Waals surface area contributed by atoms with E-state index in [0.717, 1.165) is 9.35 Å². The SMILES string of the molecule is Nc1ccn(Cc2sncc2Br)n1. The summed E-state index contributed by atoms with van der Waals surface area (Å²) >= 11 is 4.86. The number of nitrogens with two attached hydrogens (primary N) is 1. The molecule has 0 aliphatic rings. The monoisotopic (exact) mass is 258 g/mol. The van der Waals surface area contributed by atoms with E-state index in [0.29, 0.717) is 12.4 Å². The zero-order valence-corrected chi connectivity index (χ0v) is 9.05. The van der Waals surface area contributed by atoms with Crippen molar-refractivity contribution in [3.05, 3.63) is 27.8 Å². The van der Waals surface area contributed by atoms with Gasteiger partial charge in [0.2, 0.25) is 0 Å². The van der Waals surface area contributed by atoms with Crippen LogP contribution in [-0.4, -0.2) is 14.2 Å². The quantitative estimate of drug-likeness (QED) is 0.893. The third kappa shape index (κ3) is 1.89. The van der Waals surface area contributed by atoms with E-state index >= 15 is 0 Å². The summed E-state index contributed by atoms with van der Waals surface area (Å²) in [5.41, 5.74) is 5.49. The fraction of sp³-hybridized carbons (Fsp3) is 0.143. The van der Waals surface area contributed by atoms with E-state index < -0.39 is 0 Å². The van der Waals surface area contributed by atoms with Crippen LogP contribution in [0, 0.1) is 0 Å². The Morgan fingerprint density at radius 1 is 1.62 bits per heavy atom. The van der Waals surface area contributed by atoms with E-state index in [9.17, 15) is 0 Å². The van der Waals surface area contributed by atoms with Crippen molar-refractivity contribution in [3.63, 3.8) is 0 Å². The lowest BCUT2D eigenvalue weighted by molar-refractivity contribution is 0.696. The van der Waals surface area contributed by atoms with Crippen LogP contribution in [0.15, 0.2) is 22.9 Å². The molecule has 0 aromatic carbocycles. The standard InChI is InChI=1S/C7H7BrN4S/c8-5-3-10-13-6(5)4-12-2-1-7(9)11-12/h1-3H,4H2,(H2,9,11). The Bertz CT molecular complexity index is 408. The number of hydrogen-bond donors (Lipinski definition) is 1. The average Bonchev–Trinajstić information content (AvgIpc) is 2.64. The lowest BCUT2D eigenvalue weighted by Crippen LogP contribution is -1.99. The predicted molar refractivity (Wildman–Crippen MR) is 55.6 cm³/mol. The maximum atomic E-state index is 5.49. The summed E-state index contributed by atoms with van der Waals surface area (Å²) in [7, 11) is 0. The van der Waals surface area contributed by atoms with Crippen molar-refractivity contribution in [1.29, 1.82) is 0 Å². The van der Waals surface area contributed by atoms with Gasteiger partial charge < -0.3 is 5.73 Å². The number of hydrogen-bond acceptors (Lipinski definition) is 4. The van der Waals surface area contributed by atoms with Crippen LogP contribution in [0.1, 0.15) is 4.88 Å². The van der Waals surface area contributed by atoms with Gasteiger partial charge >= 0.3 is 0 Å². The molecular formula is C7H7BrN4S. The molecule has 0 saturated carbocycles. The first-order valence-corrected chi connectivity index (χ1v) is 5.20. The van der Waals surface area contributed by atoms with Crippen molar-refractivity contribution in [2.75, 3.05) is 5.73 Å². The number of nitrogens with zero attached hydrogens (tertiary/aromatic N) is 3. The molecule has 0 radical (unpaired) electrons. The Kier molecular flexibility index (Phi) is 2.32. The average molecular weight is 259 g/mol. The second-order valence-electron chi connectivity index (χ2n) is 2.54. The summed E-state index contributed by atoms with van der Waals surface area (Å²) in [5, 5.41) is 4.08. The molecular weight excluding hydrogens is 252 g/mol. The van der Waals surface area contributed by atoms with E-state index in [1.807, 2.05) is 6.20 Å². The molecule has 6 heteroatoms. The van der Waals surface area contributed by atoms with Gasteiger partial charge in [0.15, 0.2) is 0 Å². The zero-order chi connectivity index (χ0) is 9.26. The van der Waals surface area contributed by atoms with Crippen molar-refractivity contribution >= 4 is 33.3 Å². The molecule has 0 aliphatic heterocycles. The zero-order valence-electron chi connectivity index (χ0n) is 6.64. The van der Waals surface area contributed by atoms with E-state index in [4.69, 9.17) is 5.73 Å². The summed E-state index contributed by atoms with van der Waals surface area (Å²) in [6.45, 7) is 0.711. The van der Waals surface area contributed by atoms with Gasteiger partial charge in [0, 0.05) is 6.20 Å². The lowest BCUT2D eigenvalue weighted by atomic mass is 10.5. The molecule has 0 bridgehead atoms. The molecule has 2 heterocycles. The van der Waals surface area contributed by atoms with Crippen molar-refractivity contribution in [1.82, 2.24) is 14.2 Å². The minimum atomic E-state index is 0.542. The molecule has 13 heavy (non-hydrogen) atoms. The van der Waals surface area contributed by atoms with Crippen molar-refractivity contribution < 1.29 is 0 Å². The molecule has 2 N–H and O–H groups in total. The molecule has 68 valence electrons. The topological polar surface area (TPSA) is 56.7 Å². The maximum Gasteiger partial charge on any atom is 0.145 e. The summed E-state index contributed by atoms with van der Waals surface area (Å²) in [4.78, 5) is 1.14. The second kappa shape index (κ2) is 3.47. The minimum absolute atomic E-state index is 0.542. The van der Waals surface area contributed by atoms with Crippen LogP contribution < -0.4 is 5.73 Å². The Morgan fingerprint density at radius 2 is 2.46 bits per heavy atom. The number of nitrogen functional groups attached to an aromatic ring is 1. The van der Waals surface area contributed by atoms with Gasteiger partial charge in [-0.3, -0.25) is 4.68 Å². The maximum absolute atomic E-state index is 5.49. The molecule has 0 saturated heterocycles. The number of aromatic nitrogens is 3. The van der Waals surface area contributed by atoms with E-state index in [1.165, 1.54) is 11.5 Å². The number of halogens is 1. The van der Waals surface area contributed by atoms with Gasteiger partial charge in [-0.1, -0.05) is 0 Å². The van der Waals surface area contributed by atoms with Gasteiger partial charge in [-0.15, -0.1) is 0 Å². The van der Waals surface area contributed by atoms with Crippen LogP contribution in [0.3, 0.4) is 0 Å². The van der Waals surface area contributed by atoms with Crippen LogP contribution in [0.2, 0.25) is 0 Å². The van der Waals surface area contributed by atoms with Crippen molar-refractivity contribution in [2.45, 2.75) is 6.54 Å². The highest BCUT2D eigenvalue weighted by atomic mass is 79.9. The molecule has 0 fully saturated rings. The predicted octanol–water partition coefficient (Wildman–Crippen LogP) is 1.73. The lowest BCUT2D eigenvalue weighted by Gasteiger charge is -1.97. The third-order valence-corrected chi connectivity index (χ3v) is 3.29. The van der Waals surface area contributed by atoms with Crippen LogP contribution >= 0.6 is 27.5 Å². The van der Waals surface area contributed by atoms with Crippen LogP contribution in [0.4, 0.5) is 5.82 Å². The summed E-state index contributed by atoms with van der Waals surface area (Å²) < 4.78 is 6.85. The van der Waals surface area contributed by atoms with Gasteiger partial charge in [0.05, 0.1) is 22.1 Å². The van der Waals surface area contributed by atoms with Crippen LogP contribution in [0.5, 0.6) is 0 Å². The highest BCUT2D eigenvalue weighted by Gasteiger charge is 2.03. The number of anilines is 1. The van der Waals surface area contributed by atoms with Crippen LogP contribution in [0.25, 0.3) is 0 Å². The number of rotatable bonds is 2. The molecule has 0 aliphatic carbocycles. The second-order valence-corrected chi connectivity index (χ2v) is 4.28. The first-order chi connectivity index (χ1) is 6.25. The molecule has 2 aromatic heterocycles. The first kappa shape index (κ1) is 8.71. The minimum Gasteiger partial charge on any atom is -0.382 e. The third-order valence-electron chi connectivity index (χ3n) is 1.56. The normalized spacial score (nSPS) is 10.5. The molecule has 2 aromatic rings. The van der Waals surface area contributed by atoms with Gasteiger partial charge in [0.1, 0.15) is 5.82 Å². The van der Waals surface area contributed by atoms with Crippen molar-refractivity contribution in [2.24, 2.45) is 0 Å². The molecule has 0 unspecified atom stereocenters.